The summed E-state index contributed by atoms with van der Waals surface area (Å²) in [5, 5.41) is 0. The summed E-state index contributed by atoms with van der Waals surface area (Å²) in [6.07, 6.45) is 0.887. The van der Waals surface area contributed by atoms with E-state index in [1.54, 1.807) is 0 Å². The second-order valence-corrected chi connectivity index (χ2v) is 4.77. The van der Waals surface area contributed by atoms with Gasteiger partial charge in [-0.25, -0.2) is 0 Å². The van der Waals surface area contributed by atoms with Gasteiger partial charge in [-0.05, 0) is 30.4 Å². The smallest absolute Gasteiger partial charge is 0.122 e. The highest BCUT2D eigenvalue weighted by atomic mass is 16.5. The van der Waals surface area contributed by atoms with Gasteiger partial charge in [-0.15, -0.1) is 11.8 Å². The van der Waals surface area contributed by atoms with Gasteiger partial charge in [0.05, 0.1) is 6.61 Å². The van der Waals surface area contributed by atoms with Crippen LogP contribution in [0.15, 0.2) is 24.3 Å². The van der Waals surface area contributed by atoms with Gasteiger partial charge in [0.15, 0.2) is 0 Å². The molecule has 1 aromatic carbocycles. The van der Waals surface area contributed by atoms with Crippen molar-refractivity contribution in [3.63, 3.8) is 0 Å². The number of rotatable bonds is 5. The van der Waals surface area contributed by atoms with Crippen molar-refractivity contribution in [2.24, 2.45) is 5.92 Å². The normalized spacial score (nSPS) is 11.8. The van der Waals surface area contributed by atoms with Crippen molar-refractivity contribution in [1.29, 1.82) is 0 Å². The van der Waals surface area contributed by atoms with Crippen LogP contribution >= 0.6 is 0 Å². The molecule has 1 aromatic rings. The Morgan fingerprint density at radius 2 is 1.88 bits per heavy atom. The van der Waals surface area contributed by atoms with Gasteiger partial charge >= 0.3 is 0 Å². The lowest BCUT2D eigenvalue weighted by molar-refractivity contribution is 0.267. The Bertz CT molecular complexity index is 395. The first-order chi connectivity index (χ1) is 8.15. The molecule has 92 valence electrons. The summed E-state index contributed by atoms with van der Waals surface area (Å²) in [5.41, 5.74) is 1.26. The van der Waals surface area contributed by atoms with Gasteiger partial charge in [0.1, 0.15) is 5.75 Å². The Morgan fingerprint density at radius 1 is 1.18 bits per heavy atom. The van der Waals surface area contributed by atoms with Gasteiger partial charge < -0.3 is 4.74 Å². The summed E-state index contributed by atoms with van der Waals surface area (Å²) in [4.78, 5) is 0. The Morgan fingerprint density at radius 3 is 2.53 bits per heavy atom. The summed E-state index contributed by atoms with van der Waals surface area (Å²) in [5.74, 6) is 8.06. The average molecular weight is 230 g/mol. The summed E-state index contributed by atoms with van der Waals surface area (Å²) in [6, 6.07) is 8.27. The Labute approximate surface area is 105 Å². The Balaban J connectivity index is 2.78. The fraction of sp³-hybridized carbons (Fsp3) is 0.500. The molecule has 1 rings (SSSR count). The average Bonchev–Trinajstić information content (AvgIpc) is 2.33. The summed E-state index contributed by atoms with van der Waals surface area (Å²) in [6.45, 7) is 9.17. The maximum absolute atomic E-state index is 5.85. The quantitative estimate of drug-likeness (QED) is 0.687. The minimum Gasteiger partial charge on any atom is -0.493 e. The van der Waals surface area contributed by atoms with E-state index in [0.29, 0.717) is 11.8 Å². The molecule has 1 nitrogen and oxygen atoms in total. The monoisotopic (exact) mass is 230 g/mol. The zero-order valence-electron chi connectivity index (χ0n) is 11.3. The molecule has 1 atom stereocenters. The van der Waals surface area contributed by atoms with Crippen molar-refractivity contribution in [2.45, 2.75) is 40.0 Å². The van der Waals surface area contributed by atoms with Crippen molar-refractivity contribution in [1.82, 2.24) is 0 Å². The number of para-hydroxylation sites is 1. The molecule has 0 saturated carbocycles. The zero-order valence-corrected chi connectivity index (χ0v) is 11.3. The lowest BCUT2D eigenvalue weighted by atomic mass is 9.97. The first kappa shape index (κ1) is 13.6. The molecule has 0 radical (unpaired) electrons. The van der Waals surface area contributed by atoms with Crippen LogP contribution in [-0.2, 0) is 0 Å². The van der Waals surface area contributed by atoms with Crippen molar-refractivity contribution in [3.05, 3.63) is 29.8 Å². The molecule has 0 aromatic heterocycles. The molecule has 0 spiro atoms. The van der Waals surface area contributed by atoms with Crippen LogP contribution in [0, 0.1) is 17.8 Å². The third-order valence-corrected chi connectivity index (χ3v) is 2.61. The van der Waals surface area contributed by atoms with Crippen molar-refractivity contribution >= 4 is 0 Å². The molecule has 0 aliphatic heterocycles. The van der Waals surface area contributed by atoms with Gasteiger partial charge in [0.2, 0.25) is 0 Å². The minimum atomic E-state index is 0.422. The van der Waals surface area contributed by atoms with E-state index >= 15 is 0 Å². The van der Waals surface area contributed by atoms with E-state index in [0.717, 1.165) is 18.8 Å². The molecule has 0 aliphatic carbocycles. The van der Waals surface area contributed by atoms with Gasteiger partial charge in [0.25, 0.3) is 0 Å². The fourth-order valence-electron chi connectivity index (χ4n) is 1.64. The standard InChI is InChI=1S/C16H22O/c1-5-6-9-14(4)15-10-7-8-11-16(15)17-12-13(2)3/h7-8,10-11,13-14H,9,12H2,1-4H3. The molecule has 0 bridgehead atoms. The topological polar surface area (TPSA) is 9.23 Å². The predicted molar refractivity (Wildman–Crippen MR) is 73.3 cm³/mol. The maximum Gasteiger partial charge on any atom is 0.122 e. The first-order valence-corrected chi connectivity index (χ1v) is 6.26. The van der Waals surface area contributed by atoms with Crippen LogP contribution in [-0.4, -0.2) is 6.61 Å². The van der Waals surface area contributed by atoms with Crippen LogP contribution in [0.3, 0.4) is 0 Å². The highest BCUT2D eigenvalue weighted by Crippen LogP contribution is 2.28. The van der Waals surface area contributed by atoms with Gasteiger partial charge in [-0.1, -0.05) is 39.0 Å². The van der Waals surface area contributed by atoms with E-state index in [-0.39, 0.29) is 0 Å². The lowest BCUT2D eigenvalue weighted by Gasteiger charge is -2.16. The molecule has 1 unspecified atom stereocenters. The van der Waals surface area contributed by atoms with Crippen molar-refractivity contribution < 1.29 is 4.74 Å². The highest BCUT2D eigenvalue weighted by molar-refractivity contribution is 5.36. The first-order valence-electron chi connectivity index (χ1n) is 6.26. The van der Waals surface area contributed by atoms with E-state index in [1.165, 1.54) is 5.56 Å². The summed E-state index contributed by atoms with van der Waals surface area (Å²) >= 11 is 0. The van der Waals surface area contributed by atoms with E-state index < -0.39 is 0 Å². The Hall–Kier alpha value is -1.42. The van der Waals surface area contributed by atoms with Crippen LogP contribution in [0.1, 0.15) is 45.6 Å². The molecule has 0 amide bonds. The van der Waals surface area contributed by atoms with E-state index in [2.05, 4.69) is 44.7 Å². The number of hydrogen-bond acceptors (Lipinski definition) is 1. The second kappa shape index (κ2) is 7.01. The third kappa shape index (κ3) is 4.53. The predicted octanol–water partition coefficient (Wildman–Crippen LogP) is 4.24. The molecule has 0 fully saturated rings. The molecule has 0 N–H and O–H groups in total. The number of hydrogen-bond donors (Lipinski definition) is 0. The van der Waals surface area contributed by atoms with E-state index in [4.69, 9.17) is 4.74 Å². The van der Waals surface area contributed by atoms with Gasteiger partial charge in [-0.3, -0.25) is 0 Å². The van der Waals surface area contributed by atoms with Crippen LogP contribution in [0.2, 0.25) is 0 Å². The molecule has 17 heavy (non-hydrogen) atoms. The van der Waals surface area contributed by atoms with E-state index in [1.807, 2.05) is 19.1 Å². The van der Waals surface area contributed by atoms with Gasteiger partial charge in [-0.2, -0.15) is 0 Å². The Kier molecular flexibility index (Phi) is 5.63. The molecular formula is C16H22O. The summed E-state index contributed by atoms with van der Waals surface area (Å²) in [7, 11) is 0. The number of ether oxygens (including phenoxy) is 1. The largest absolute Gasteiger partial charge is 0.493 e. The van der Waals surface area contributed by atoms with E-state index in [9.17, 15) is 0 Å². The summed E-state index contributed by atoms with van der Waals surface area (Å²) < 4.78 is 5.85. The zero-order chi connectivity index (χ0) is 12.7. The maximum atomic E-state index is 5.85. The molecule has 1 heteroatoms. The molecular weight excluding hydrogens is 208 g/mol. The highest BCUT2D eigenvalue weighted by Gasteiger charge is 2.10. The molecule has 0 aliphatic rings. The van der Waals surface area contributed by atoms with Crippen LogP contribution in [0.4, 0.5) is 0 Å². The second-order valence-electron chi connectivity index (χ2n) is 4.77. The molecule has 0 saturated heterocycles. The third-order valence-electron chi connectivity index (χ3n) is 2.61. The van der Waals surface area contributed by atoms with Crippen LogP contribution in [0.25, 0.3) is 0 Å². The van der Waals surface area contributed by atoms with Crippen molar-refractivity contribution in [3.8, 4) is 17.6 Å². The van der Waals surface area contributed by atoms with Crippen LogP contribution in [0.5, 0.6) is 5.75 Å². The lowest BCUT2D eigenvalue weighted by Crippen LogP contribution is -2.07. The minimum absolute atomic E-state index is 0.422. The van der Waals surface area contributed by atoms with Crippen LogP contribution < -0.4 is 4.74 Å². The molecule has 0 heterocycles. The van der Waals surface area contributed by atoms with Gasteiger partial charge in [0, 0.05) is 6.42 Å². The van der Waals surface area contributed by atoms with Crippen molar-refractivity contribution in [2.75, 3.05) is 6.61 Å². The number of benzene rings is 1. The fourth-order valence-corrected chi connectivity index (χ4v) is 1.64. The SMILES string of the molecule is CC#CCC(C)c1ccccc1OCC(C)C.